The third-order valence-corrected chi connectivity index (χ3v) is 5.21. The first-order valence-electron chi connectivity index (χ1n) is 10.9. The van der Waals surface area contributed by atoms with Gasteiger partial charge >= 0.3 is 6.36 Å². The average molecular weight is 477 g/mol. The molecule has 0 bridgehead atoms. The van der Waals surface area contributed by atoms with Crippen LogP contribution in [0.3, 0.4) is 0 Å². The van der Waals surface area contributed by atoms with Gasteiger partial charge in [0.25, 0.3) is 0 Å². The van der Waals surface area contributed by atoms with Gasteiger partial charge in [0, 0.05) is 42.6 Å². The summed E-state index contributed by atoms with van der Waals surface area (Å²) in [5.74, 6) is -0.308. The van der Waals surface area contributed by atoms with Crippen LogP contribution in [0, 0.1) is 0 Å². The molecule has 1 aliphatic heterocycles. The smallest absolute Gasteiger partial charge is 0.406 e. The molecule has 0 saturated carbocycles. The third-order valence-electron chi connectivity index (χ3n) is 5.21. The highest BCUT2D eigenvalue weighted by molar-refractivity contribution is 5.89. The quantitative estimate of drug-likeness (QED) is 0.416. The van der Waals surface area contributed by atoms with Crippen molar-refractivity contribution < 1.29 is 28.1 Å². The van der Waals surface area contributed by atoms with E-state index in [1.807, 2.05) is 44.0 Å². The number of alkyl halides is 3. The normalized spacial score (nSPS) is 13.1. The maximum Gasteiger partial charge on any atom is 0.573 e. The summed E-state index contributed by atoms with van der Waals surface area (Å²) in [6.07, 6.45) is -0.486. The number of anilines is 1. The van der Waals surface area contributed by atoms with Crippen molar-refractivity contribution in [1.82, 2.24) is 4.90 Å². The van der Waals surface area contributed by atoms with E-state index in [-0.39, 0.29) is 5.75 Å². The van der Waals surface area contributed by atoms with Crippen molar-refractivity contribution in [3.05, 3.63) is 78.0 Å². The minimum Gasteiger partial charge on any atom is -0.406 e. The summed E-state index contributed by atoms with van der Waals surface area (Å²) >= 11 is 0. The molecule has 0 aliphatic carbocycles. The SMILES string of the molecule is C=CC(=C)N(C)Cc1cc(-c2ccc(OC(F)(F)F)cc2)c2c(c1C(O)CO)C=CCN2.CC. The summed E-state index contributed by atoms with van der Waals surface area (Å²) in [4.78, 5) is 1.85. The molecule has 0 spiro atoms. The molecule has 1 heterocycles. The molecule has 34 heavy (non-hydrogen) atoms. The van der Waals surface area contributed by atoms with Crippen molar-refractivity contribution in [2.45, 2.75) is 32.9 Å². The zero-order chi connectivity index (χ0) is 25.5. The number of likely N-dealkylation sites (N-methyl/N-ethyl adjacent to an activating group) is 1. The van der Waals surface area contributed by atoms with Crippen LogP contribution in [0.1, 0.15) is 36.6 Å². The fourth-order valence-electron chi connectivity index (χ4n) is 3.67. The van der Waals surface area contributed by atoms with Gasteiger partial charge in [-0.05, 0) is 41.0 Å². The Kier molecular flexibility index (Phi) is 9.35. The minimum absolute atomic E-state index is 0.308. The number of benzene rings is 2. The van der Waals surface area contributed by atoms with Crippen LogP contribution in [-0.4, -0.2) is 41.7 Å². The number of nitrogens with one attached hydrogen (secondary N) is 1. The van der Waals surface area contributed by atoms with Crippen LogP contribution in [0.2, 0.25) is 0 Å². The van der Waals surface area contributed by atoms with Crippen LogP contribution < -0.4 is 10.1 Å². The van der Waals surface area contributed by atoms with Gasteiger partial charge in [-0.1, -0.05) is 51.3 Å². The maximum atomic E-state index is 12.5. The van der Waals surface area contributed by atoms with Gasteiger partial charge in [-0.25, -0.2) is 0 Å². The Bertz CT molecular complexity index is 1030. The molecule has 184 valence electrons. The third kappa shape index (κ3) is 6.42. The van der Waals surface area contributed by atoms with Crippen LogP contribution in [0.25, 0.3) is 17.2 Å². The maximum absolute atomic E-state index is 12.5. The molecule has 2 aromatic carbocycles. The van der Waals surface area contributed by atoms with E-state index in [1.165, 1.54) is 12.1 Å². The van der Waals surface area contributed by atoms with Crippen LogP contribution in [0.5, 0.6) is 5.75 Å². The molecule has 2 aromatic rings. The number of hydrogen-bond acceptors (Lipinski definition) is 5. The topological polar surface area (TPSA) is 65.0 Å². The number of nitrogens with zero attached hydrogens (tertiary/aromatic N) is 1. The molecule has 5 nitrogen and oxygen atoms in total. The van der Waals surface area contributed by atoms with Crippen molar-refractivity contribution in [2.75, 3.05) is 25.5 Å². The van der Waals surface area contributed by atoms with E-state index >= 15 is 0 Å². The number of halogens is 3. The molecule has 1 unspecified atom stereocenters. The number of fused-ring (bicyclic) bond motifs is 1. The number of hydrogen-bond donors (Lipinski definition) is 3. The van der Waals surface area contributed by atoms with Crippen LogP contribution in [-0.2, 0) is 6.54 Å². The molecule has 1 aliphatic rings. The lowest BCUT2D eigenvalue weighted by atomic mass is 9.87. The molecule has 0 fully saturated rings. The van der Waals surface area contributed by atoms with E-state index in [0.29, 0.717) is 29.9 Å². The van der Waals surface area contributed by atoms with Crippen molar-refractivity contribution in [3.63, 3.8) is 0 Å². The van der Waals surface area contributed by atoms with E-state index in [9.17, 15) is 23.4 Å². The van der Waals surface area contributed by atoms with Crippen molar-refractivity contribution in [2.24, 2.45) is 0 Å². The second-order valence-corrected chi connectivity index (χ2v) is 7.39. The summed E-state index contributed by atoms with van der Waals surface area (Å²) in [6.45, 7) is 12.1. The molecule has 0 saturated heterocycles. The molecular weight excluding hydrogens is 445 g/mol. The Balaban J connectivity index is 0.00000199. The monoisotopic (exact) mass is 476 g/mol. The van der Waals surface area contributed by atoms with E-state index < -0.39 is 19.1 Å². The van der Waals surface area contributed by atoms with E-state index in [4.69, 9.17) is 0 Å². The van der Waals surface area contributed by atoms with E-state index in [1.54, 1.807) is 18.2 Å². The van der Waals surface area contributed by atoms with Crippen LogP contribution >= 0.6 is 0 Å². The van der Waals surface area contributed by atoms with Gasteiger partial charge in [0.05, 0.1) is 6.61 Å². The van der Waals surface area contributed by atoms with Crippen molar-refractivity contribution >= 4 is 11.8 Å². The second kappa shape index (κ2) is 11.8. The van der Waals surface area contributed by atoms with Gasteiger partial charge in [-0.2, -0.15) is 0 Å². The fraction of sp³-hybridized carbons (Fsp3) is 0.308. The molecule has 0 aromatic heterocycles. The zero-order valence-corrected chi connectivity index (χ0v) is 19.6. The number of aliphatic hydroxyl groups is 2. The van der Waals surface area contributed by atoms with E-state index in [0.717, 1.165) is 22.4 Å². The number of allylic oxidation sites excluding steroid dienone is 1. The standard InChI is InChI=1S/C24H25F3N2O3.C2H6/c1-4-15(2)29(3)13-17-12-20(16-7-9-18(10-8-16)32-24(25,26)27)23-19(6-5-11-28-23)22(17)21(31)14-30;1-2/h4-10,12,21,28,30-31H,1-2,11,13-14H2,3H3;1-2H3. The van der Waals surface area contributed by atoms with Gasteiger partial charge in [-0.15, -0.1) is 13.2 Å². The Morgan fingerprint density at radius 3 is 2.47 bits per heavy atom. The molecule has 0 amide bonds. The first kappa shape index (κ1) is 27.0. The lowest BCUT2D eigenvalue weighted by Crippen LogP contribution is -2.20. The van der Waals surface area contributed by atoms with Gasteiger partial charge in [0.2, 0.25) is 0 Å². The summed E-state index contributed by atoms with van der Waals surface area (Å²) < 4.78 is 41.5. The van der Waals surface area contributed by atoms with Crippen molar-refractivity contribution in [3.8, 4) is 16.9 Å². The molecular formula is C26H31F3N2O3. The highest BCUT2D eigenvalue weighted by Crippen LogP contribution is 2.41. The summed E-state index contributed by atoms with van der Waals surface area (Å²) in [5.41, 5.74) is 4.88. The molecule has 3 N–H and O–H groups in total. The van der Waals surface area contributed by atoms with Gasteiger partial charge in [0.1, 0.15) is 11.9 Å². The van der Waals surface area contributed by atoms with Gasteiger partial charge in [-0.3, -0.25) is 0 Å². The molecule has 8 heteroatoms. The fourth-order valence-corrected chi connectivity index (χ4v) is 3.67. The first-order chi connectivity index (χ1) is 16.1. The number of ether oxygens (including phenoxy) is 1. The Morgan fingerprint density at radius 1 is 1.26 bits per heavy atom. The van der Waals surface area contributed by atoms with Crippen LogP contribution in [0.4, 0.5) is 18.9 Å². The van der Waals surface area contributed by atoms with E-state index in [2.05, 4.69) is 23.2 Å². The Hall–Kier alpha value is -3.23. The zero-order valence-electron chi connectivity index (χ0n) is 19.6. The predicted octanol–water partition coefficient (Wildman–Crippen LogP) is 5.87. The lowest BCUT2D eigenvalue weighted by Gasteiger charge is -2.28. The molecule has 1 atom stereocenters. The highest BCUT2D eigenvalue weighted by Gasteiger charge is 2.31. The number of rotatable bonds is 8. The second-order valence-electron chi connectivity index (χ2n) is 7.39. The summed E-state index contributed by atoms with van der Waals surface area (Å²) in [7, 11) is 1.83. The first-order valence-corrected chi connectivity index (χ1v) is 10.9. The summed E-state index contributed by atoms with van der Waals surface area (Å²) in [6, 6.07) is 7.49. The summed E-state index contributed by atoms with van der Waals surface area (Å²) in [5, 5.41) is 23.5. The minimum atomic E-state index is -4.76. The lowest BCUT2D eigenvalue weighted by molar-refractivity contribution is -0.274. The van der Waals surface area contributed by atoms with Crippen molar-refractivity contribution in [1.29, 1.82) is 0 Å². The van der Waals surface area contributed by atoms with Crippen LogP contribution in [0.15, 0.2) is 61.3 Å². The van der Waals surface area contributed by atoms with Gasteiger partial charge in [0.15, 0.2) is 0 Å². The highest BCUT2D eigenvalue weighted by atomic mass is 19.4. The Labute approximate surface area is 198 Å². The average Bonchev–Trinajstić information content (AvgIpc) is 2.83. The molecule has 0 radical (unpaired) electrons. The van der Waals surface area contributed by atoms with Gasteiger partial charge < -0.3 is 25.2 Å². The predicted molar refractivity (Wildman–Crippen MR) is 130 cm³/mol. The number of aliphatic hydroxyl groups excluding tert-OH is 2. The molecule has 3 rings (SSSR count). The largest absolute Gasteiger partial charge is 0.573 e. The Morgan fingerprint density at radius 2 is 1.91 bits per heavy atom.